The first kappa shape index (κ1) is 13.4. The lowest BCUT2D eigenvalue weighted by atomic mass is 10.1. The molecule has 0 aliphatic carbocycles. The summed E-state index contributed by atoms with van der Waals surface area (Å²) >= 11 is 1.35. The summed E-state index contributed by atoms with van der Waals surface area (Å²) in [7, 11) is 0. The van der Waals surface area contributed by atoms with Crippen LogP contribution in [0.4, 0.5) is 15.6 Å². The Kier molecular flexibility index (Phi) is 4.01. The molecule has 3 N–H and O–H groups in total. The number of benzene rings is 1. The van der Waals surface area contributed by atoms with E-state index in [1.807, 2.05) is 29.6 Å². The number of nitrogens with two attached hydrogens (primary N) is 1. The third-order valence-electron chi connectivity index (χ3n) is 2.26. The number of hydrogen-bond acceptors (Lipinski definition) is 5. The summed E-state index contributed by atoms with van der Waals surface area (Å²) in [5, 5.41) is 4.98. The highest BCUT2D eigenvalue weighted by Crippen LogP contribution is 2.25. The van der Waals surface area contributed by atoms with Gasteiger partial charge in [-0.05, 0) is 26.0 Å². The van der Waals surface area contributed by atoms with Gasteiger partial charge in [0.2, 0.25) is 0 Å². The first-order valence-electron chi connectivity index (χ1n) is 5.83. The lowest BCUT2D eigenvalue weighted by molar-refractivity contribution is 0.130. The SMILES string of the molecule is CC(C)OC(=O)Nc1nc(-c2ccc(N)cc2)cs1. The molecule has 2 rings (SSSR count). The van der Waals surface area contributed by atoms with Crippen molar-refractivity contribution in [3.63, 3.8) is 0 Å². The Morgan fingerprint density at radius 1 is 1.37 bits per heavy atom. The highest BCUT2D eigenvalue weighted by Gasteiger charge is 2.09. The molecule has 19 heavy (non-hydrogen) atoms. The summed E-state index contributed by atoms with van der Waals surface area (Å²) in [4.78, 5) is 15.8. The highest BCUT2D eigenvalue weighted by molar-refractivity contribution is 7.14. The first-order valence-corrected chi connectivity index (χ1v) is 6.71. The molecule has 0 fully saturated rings. The number of carbonyl (C=O) groups excluding carboxylic acids is 1. The Morgan fingerprint density at radius 2 is 2.05 bits per heavy atom. The molecule has 1 heterocycles. The topological polar surface area (TPSA) is 77.2 Å². The minimum atomic E-state index is -0.492. The zero-order valence-corrected chi connectivity index (χ0v) is 11.5. The van der Waals surface area contributed by atoms with Crippen LogP contribution >= 0.6 is 11.3 Å². The van der Waals surface area contributed by atoms with Crippen LogP contribution in [0.2, 0.25) is 0 Å². The number of nitrogen functional groups attached to an aromatic ring is 1. The smallest absolute Gasteiger partial charge is 0.413 e. The number of aromatic nitrogens is 1. The number of thiazole rings is 1. The second kappa shape index (κ2) is 5.71. The van der Waals surface area contributed by atoms with Crippen LogP contribution in [0.25, 0.3) is 11.3 Å². The normalized spacial score (nSPS) is 10.5. The number of carbonyl (C=O) groups is 1. The molecule has 0 aliphatic heterocycles. The van der Waals surface area contributed by atoms with Gasteiger partial charge in [-0.2, -0.15) is 0 Å². The fourth-order valence-electron chi connectivity index (χ4n) is 1.45. The van der Waals surface area contributed by atoms with E-state index in [1.165, 1.54) is 11.3 Å². The summed E-state index contributed by atoms with van der Waals surface area (Å²) in [6, 6.07) is 7.41. The highest BCUT2D eigenvalue weighted by atomic mass is 32.1. The van der Waals surface area contributed by atoms with Crippen molar-refractivity contribution in [1.29, 1.82) is 0 Å². The van der Waals surface area contributed by atoms with Gasteiger partial charge in [0.05, 0.1) is 11.8 Å². The third-order valence-corrected chi connectivity index (χ3v) is 3.02. The van der Waals surface area contributed by atoms with Gasteiger partial charge in [0, 0.05) is 16.6 Å². The fraction of sp³-hybridized carbons (Fsp3) is 0.231. The van der Waals surface area contributed by atoms with E-state index in [2.05, 4.69) is 10.3 Å². The van der Waals surface area contributed by atoms with Gasteiger partial charge in [-0.3, -0.25) is 5.32 Å². The number of nitrogens with one attached hydrogen (secondary N) is 1. The Labute approximate surface area is 115 Å². The summed E-state index contributed by atoms with van der Waals surface area (Å²) < 4.78 is 4.98. The molecule has 1 aromatic heterocycles. The van der Waals surface area contributed by atoms with Crippen LogP contribution < -0.4 is 11.1 Å². The quantitative estimate of drug-likeness (QED) is 0.843. The largest absolute Gasteiger partial charge is 0.447 e. The Bertz CT molecular complexity index is 564. The third kappa shape index (κ3) is 3.69. The minimum Gasteiger partial charge on any atom is -0.447 e. The van der Waals surface area contributed by atoms with Crippen LogP contribution in [0, 0.1) is 0 Å². The van der Waals surface area contributed by atoms with Crippen molar-refractivity contribution in [2.45, 2.75) is 20.0 Å². The molecule has 1 aromatic carbocycles. The second-order valence-electron chi connectivity index (χ2n) is 4.24. The predicted molar refractivity (Wildman–Crippen MR) is 77.2 cm³/mol. The van der Waals surface area contributed by atoms with Crippen molar-refractivity contribution in [2.24, 2.45) is 0 Å². The molecule has 0 radical (unpaired) electrons. The second-order valence-corrected chi connectivity index (χ2v) is 5.10. The van der Waals surface area contributed by atoms with E-state index in [0.717, 1.165) is 11.3 Å². The maximum absolute atomic E-state index is 11.4. The van der Waals surface area contributed by atoms with Crippen molar-refractivity contribution in [3.05, 3.63) is 29.6 Å². The van der Waals surface area contributed by atoms with Crippen LogP contribution in [0.15, 0.2) is 29.6 Å². The van der Waals surface area contributed by atoms with Gasteiger partial charge in [-0.25, -0.2) is 9.78 Å². The van der Waals surface area contributed by atoms with E-state index in [0.29, 0.717) is 10.8 Å². The number of nitrogens with zero attached hydrogens (tertiary/aromatic N) is 1. The zero-order valence-electron chi connectivity index (χ0n) is 10.7. The summed E-state index contributed by atoms with van der Waals surface area (Å²) in [5.74, 6) is 0. The summed E-state index contributed by atoms with van der Waals surface area (Å²) in [5.41, 5.74) is 8.09. The van der Waals surface area contributed by atoms with Crippen LogP contribution in [-0.2, 0) is 4.74 Å². The van der Waals surface area contributed by atoms with Gasteiger partial charge < -0.3 is 10.5 Å². The molecule has 5 nitrogen and oxygen atoms in total. The van der Waals surface area contributed by atoms with Crippen molar-refractivity contribution in [3.8, 4) is 11.3 Å². The molecule has 0 unspecified atom stereocenters. The van der Waals surface area contributed by atoms with E-state index < -0.39 is 6.09 Å². The van der Waals surface area contributed by atoms with E-state index in [9.17, 15) is 4.79 Å². The molecule has 0 atom stereocenters. The monoisotopic (exact) mass is 277 g/mol. The Hall–Kier alpha value is -2.08. The van der Waals surface area contributed by atoms with Gasteiger partial charge in [0.1, 0.15) is 0 Å². The molecular weight excluding hydrogens is 262 g/mol. The van der Waals surface area contributed by atoms with Crippen LogP contribution in [0.5, 0.6) is 0 Å². The molecule has 0 saturated heterocycles. The van der Waals surface area contributed by atoms with E-state index >= 15 is 0 Å². The van der Waals surface area contributed by atoms with Crippen molar-refractivity contribution < 1.29 is 9.53 Å². The van der Waals surface area contributed by atoms with Crippen molar-refractivity contribution >= 4 is 28.2 Å². The number of anilines is 2. The standard InChI is InChI=1S/C13H15N3O2S/c1-8(2)18-13(17)16-12-15-11(7-19-12)9-3-5-10(14)6-4-9/h3-8H,14H2,1-2H3,(H,15,16,17). The van der Waals surface area contributed by atoms with Gasteiger partial charge in [0.15, 0.2) is 5.13 Å². The molecule has 0 aliphatic rings. The van der Waals surface area contributed by atoms with Gasteiger partial charge in [-0.1, -0.05) is 12.1 Å². The lowest BCUT2D eigenvalue weighted by Crippen LogP contribution is -2.17. The number of rotatable bonds is 3. The van der Waals surface area contributed by atoms with E-state index in [1.54, 1.807) is 13.8 Å². The molecule has 1 amide bonds. The molecule has 0 spiro atoms. The fourth-order valence-corrected chi connectivity index (χ4v) is 2.15. The van der Waals surface area contributed by atoms with E-state index in [4.69, 9.17) is 10.5 Å². The molecule has 2 aromatic rings. The number of ether oxygens (including phenoxy) is 1. The molecule has 0 bridgehead atoms. The van der Waals surface area contributed by atoms with Gasteiger partial charge in [-0.15, -0.1) is 11.3 Å². The lowest BCUT2D eigenvalue weighted by Gasteiger charge is -2.06. The Morgan fingerprint density at radius 3 is 2.68 bits per heavy atom. The van der Waals surface area contributed by atoms with Crippen LogP contribution in [-0.4, -0.2) is 17.2 Å². The summed E-state index contributed by atoms with van der Waals surface area (Å²) in [6.07, 6.45) is -0.648. The number of amides is 1. The minimum absolute atomic E-state index is 0.156. The predicted octanol–water partition coefficient (Wildman–Crippen LogP) is 3.35. The summed E-state index contributed by atoms with van der Waals surface area (Å²) in [6.45, 7) is 3.59. The first-order chi connectivity index (χ1) is 9.04. The van der Waals surface area contributed by atoms with Gasteiger partial charge >= 0.3 is 6.09 Å². The Balaban J connectivity index is 2.07. The molecule has 6 heteroatoms. The number of hydrogen-bond donors (Lipinski definition) is 2. The average molecular weight is 277 g/mol. The maximum atomic E-state index is 11.4. The zero-order chi connectivity index (χ0) is 13.8. The average Bonchev–Trinajstić information content (AvgIpc) is 2.77. The van der Waals surface area contributed by atoms with Crippen LogP contribution in [0.1, 0.15) is 13.8 Å². The molecular formula is C13H15N3O2S. The maximum Gasteiger partial charge on any atom is 0.413 e. The molecule has 0 saturated carbocycles. The molecule has 100 valence electrons. The van der Waals surface area contributed by atoms with E-state index in [-0.39, 0.29) is 6.10 Å². The van der Waals surface area contributed by atoms with Gasteiger partial charge in [0.25, 0.3) is 0 Å². The van der Waals surface area contributed by atoms with Crippen molar-refractivity contribution in [1.82, 2.24) is 4.98 Å². The van der Waals surface area contributed by atoms with Crippen molar-refractivity contribution in [2.75, 3.05) is 11.1 Å². The van der Waals surface area contributed by atoms with Crippen LogP contribution in [0.3, 0.4) is 0 Å².